The van der Waals surface area contributed by atoms with Crippen molar-refractivity contribution in [3.8, 4) is 5.75 Å². The van der Waals surface area contributed by atoms with E-state index in [4.69, 9.17) is 4.74 Å². The molecule has 0 unspecified atom stereocenters. The minimum Gasteiger partial charge on any atom is -0.497 e. The number of hydrogen-bond donors (Lipinski definition) is 0. The van der Waals surface area contributed by atoms with Crippen molar-refractivity contribution < 1.29 is 4.74 Å². The molecule has 1 aromatic rings. The Labute approximate surface area is 116 Å². The lowest BCUT2D eigenvalue weighted by atomic mass is 9.57. The molecule has 2 aliphatic rings. The molecule has 104 valence electrons. The van der Waals surface area contributed by atoms with Crippen LogP contribution in [0, 0.1) is 5.92 Å². The van der Waals surface area contributed by atoms with Crippen LogP contribution in [0.15, 0.2) is 18.2 Å². The smallest absolute Gasteiger partial charge is 0.119 e. The van der Waals surface area contributed by atoms with Gasteiger partial charge in [-0.3, -0.25) is 0 Å². The normalized spacial score (nSPS) is 33.9. The predicted octanol–water partition coefficient (Wildman–Crippen LogP) is 3.24. The van der Waals surface area contributed by atoms with Crippen molar-refractivity contribution in [2.24, 2.45) is 5.92 Å². The highest BCUT2D eigenvalue weighted by atomic mass is 16.5. The summed E-state index contributed by atoms with van der Waals surface area (Å²) in [6.45, 7) is 6.03. The second-order valence-corrected chi connectivity index (χ2v) is 6.32. The zero-order valence-corrected chi connectivity index (χ0v) is 12.6. The van der Waals surface area contributed by atoms with E-state index in [1.807, 2.05) is 0 Å². The maximum atomic E-state index is 5.45. The van der Waals surface area contributed by atoms with E-state index in [1.165, 1.54) is 31.4 Å². The Morgan fingerprint density at radius 2 is 2.21 bits per heavy atom. The molecule has 0 spiro atoms. The van der Waals surface area contributed by atoms with Gasteiger partial charge in [0.15, 0.2) is 0 Å². The number of methoxy groups -OCH3 is 1. The molecule has 19 heavy (non-hydrogen) atoms. The van der Waals surface area contributed by atoms with Crippen LogP contribution >= 0.6 is 0 Å². The summed E-state index contributed by atoms with van der Waals surface area (Å²) >= 11 is 0. The first-order valence-electron chi connectivity index (χ1n) is 7.50. The van der Waals surface area contributed by atoms with Crippen molar-refractivity contribution in [1.29, 1.82) is 0 Å². The maximum absolute atomic E-state index is 5.45. The van der Waals surface area contributed by atoms with Crippen LogP contribution in [0.1, 0.15) is 37.8 Å². The SMILES string of the molecule is CC[C@@]12CCN(C)[C@H](Cc3ccc(OC)cc31)[C@@H]2C. The molecule has 1 fully saturated rings. The molecule has 0 N–H and O–H groups in total. The monoisotopic (exact) mass is 259 g/mol. The van der Waals surface area contributed by atoms with E-state index >= 15 is 0 Å². The maximum Gasteiger partial charge on any atom is 0.119 e. The van der Waals surface area contributed by atoms with Crippen LogP contribution in [0.3, 0.4) is 0 Å². The highest BCUT2D eigenvalue weighted by molar-refractivity contribution is 5.45. The summed E-state index contributed by atoms with van der Waals surface area (Å²) in [6.07, 6.45) is 3.70. The largest absolute Gasteiger partial charge is 0.497 e. The zero-order chi connectivity index (χ0) is 13.6. The minimum atomic E-state index is 0.360. The molecule has 3 rings (SSSR count). The van der Waals surface area contributed by atoms with Crippen LogP contribution in [0.2, 0.25) is 0 Å². The Morgan fingerprint density at radius 1 is 1.42 bits per heavy atom. The van der Waals surface area contributed by atoms with E-state index in [0.717, 1.165) is 11.7 Å². The molecule has 2 heteroatoms. The minimum absolute atomic E-state index is 0.360. The first-order chi connectivity index (χ1) is 9.12. The van der Waals surface area contributed by atoms with Gasteiger partial charge in [-0.2, -0.15) is 0 Å². The first kappa shape index (κ1) is 13.0. The van der Waals surface area contributed by atoms with E-state index in [9.17, 15) is 0 Å². The van der Waals surface area contributed by atoms with Crippen LogP contribution in [-0.4, -0.2) is 31.6 Å². The fourth-order valence-electron chi connectivity index (χ4n) is 4.47. The van der Waals surface area contributed by atoms with Crippen molar-refractivity contribution in [3.63, 3.8) is 0 Å². The Kier molecular flexibility index (Phi) is 3.09. The third-order valence-electron chi connectivity index (χ3n) is 5.84. The number of likely N-dealkylation sites (N-methyl/N-ethyl adjacent to an activating group) is 1. The van der Waals surface area contributed by atoms with Gasteiger partial charge in [-0.1, -0.05) is 19.9 Å². The summed E-state index contributed by atoms with van der Waals surface area (Å²) in [5.74, 6) is 1.74. The summed E-state index contributed by atoms with van der Waals surface area (Å²) in [4.78, 5) is 2.56. The molecule has 3 atom stereocenters. The predicted molar refractivity (Wildman–Crippen MR) is 78.9 cm³/mol. The molecular formula is C17H25NO. The number of likely N-dealkylation sites (tertiary alicyclic amines) is 1. The number of nitrogens with zero attached hydrogens (tertiary/aromatic N) is 1. The number of rotatable bonds is 2. The number of piperidine rings is 1. The highest BCUT2D eigenvalue weighted by Crippen LogP contribution is 2.51. The van der Waals surface area contributed by atoms with Crippen molar-refractivity contribution >= 4 is 0 Å². The Morgan fingerprint density at radius 3 is 2.89 bits per heavy atom. The second kappa shape index (κ2) is 4.52. The average Bonchev–Trinajstić information content (AvgIpc) is 2.43. The van der Waals surface area contributed by atoms with Crippen LogP contribution < -0.4 is 4.74 Å². The molecule has 2 bridgehead atoms. The second-order valence-electron chi connectivity index (χ2n) is 6.32. The highest BCUT2D eigenvalue weighted by Gasteiger charge is 2.49. The molecule has 1 aliphatic heterocycles. The molecule has 0 amide bonds. The van der Waals surface area contributed by atoms with Gasteiger partial charge in [0, 0.05) is 11.5 Å². The Bertz CT molecular complexity index is 484. The van der Waals surface area contributed by atoms with E-state index in [2.05, 4.69) is 44.0 Å². The lowest BCUT2D eigenvalue weighted by Gasteiger charge is -2.55. The van der Waals surface area contributed by atoms with Crippen molar-refractivity contribution in [3.05, 3.63) is 29.3 Å². The fraction of sp³-hybridized carbons (Fsp3) is 0.647. The van der Waals surface area contributed by atoms with Crippen molar-refractivity contribution in [1.82, 2.24) is 4.90 Å². The summed E-state index contributed by atoms with van der Waals surface area (Å²) in [6, 6.07) is 7.41. The molecule has 0 saturated carbocycles. The molecule has 2 nitrogen and oxygen atoms in total. The molecule has 1 heterocycles. The van der Waals surface area contributed by atoms with E-state index < -0.39 is 0 Å². The van der Waals surface area contributed by atoms with Crippen LogP contribution in [-0.2, 0) is 11.8 Å². The number of ether oxygens (including phenoxy) is 1. The Hall–Kier alpha value is -1.02. The molecule has 0 radical (unpaired) electrons. The summed E-state index contributed by atoms with van der Waals surface area (Å²) in [7, 11) is 4.05. The van der Waals surface area contributed by atoms with E-state index in [-0.39, 0.29) is 0 Å². The van der Waals surface area contributed by atoms with Gasteiger partial charge in [-0.05, 0) is 62.0 Å². The number of benzene rings is 1. The lowest BCUT2D eigenvalue weighted by molar-refractivity contribution is 0.0385. The van der Waals surface area contributed by atoms with Crippen molar-refractivity contribution in [2.45, 2.75) is 44.6 Å². The molecule has 0 aromatic heterocycles. The zero-order valence-electron chi connectivity index (χ0n) is 12.6. The topological polar surface area (TPSA) is 12.5 Å². The van der Waals surface area contributed by atoms with Gasteiger partial charge in [0.1, 0.15) is 5.75 Å². The third kappa shape index (κ3) is 1.73. The summed E-state index contributed by atoms with van der Waals surface area (Å²) in [5, 5.41) is 0. The van der Waals surface area contributed by atoms with Gasteiger partial charge < -0.3 is 9.64 Å². The number of fused-ring (bicyclic) bond motifs is 4. The van der Waals surface area contributed by atoms with Gasteiger partial charge in [0.05, 0.1) is 7.11 Å². The van der Waals surface area contributed by atoms with Crippen LogP contribution in [0.5, 0.6) is 5.75 Å². The first-order valence-corrected chi connectivity index (χ1v) is 7.50. The number of hydrogen-bond acceptors (Lipinski definition) is 2. The van der Waals surface area contributed by atoms with Gasteiger partial charge in [-0.15, -0.1) is 0 Å². The van der Waals surface area contributed by atoms with E-state index in [0.29, 0.717) is 11.5 Å². The van der Waals surface area contributed by atoms with Crippen molar-refractivity contribution in [2.75, 3.05) is 20.7 Å². The van der Waals surface area contributed by atoms with Gasteiger partial charge >= 0.3 is 0 Å². The molecular weight excluding hydrogens is 234 g/mol. The van der Waals surface area contributed by atoms with Gasteiger partial charge in [0.25, 0.3) is 0 Å². The van der Waals surface area contributed by atoms with Crippen LogP contribution in [0.25, 0.3) is 0 Å². The summed E-state index contributed by atoms with van der Waals surface area (Å²) in [5.41, 5.74) is 3.46. The van der Waals surface area contributed by atoms with Gasteiger partial charge in [0.2, 0.25) is 0 Å². The Balaban J connectivity index is 2.15. The fourth-order valence-corrected chi connectivity index (χ4v) is 4.47. The van der Waals surface area contributed by atoms with Gasteiger partial charge in [-0.25, -0.2) is 0 Å². The summed E-state index contributed by atoms with van der Waals surface area (Å²) < 4.78 is 5.45. The molecule has 1 aromatic carbocycles. The molecule has 1 aliphatic carbocycles. The van der Waals surface area contributed by atoms with Crippen LogP contribution in [0.4, 0.5) is 0 Å². The lowest BCUT2D eigenvalue weighted by Crippen LogP contribution is -2.57. The average molecular weight is 259 g/mol. The standard InChI is InChI=1S/C17H25NO/c1-5-17-8-9-18(3)16(12(17)2)10-13-6-7-14(19-4)11-15(13)17/h6-7,11-12,16H,5,8-10H2,1-4H3/t12-,16+,17-/m0/s1. The quantitative estimate of drug-likeness (QED) is 0.808. The third-order valence-corrected chi connectivity index (χ3v) is 5.84. The molecule has 1 saturated heterocycles. The van der Waals surface area contributed by atoms with E-state index in [1.54, 1.807) is 12.7 Å².